The Morgan fingerprint density at radius 1 is 1.17 bits per heavy atom. The van der Waals surface area contributed by atoms with Crippen molar-refractivity contribution in [3.63, 3.8) is 0 Å². The van der Waals surface area contributed by atoms with Crippen LogP contribution in [0.4, 0.5) is 0 Å². The van der Waals surface area contributed by atoms with Gasteiger partial charge in [0.1, 0.15) is 23.9 Å². The van der Waals surface area contributed by atoms with E-state index in [0.717, 1.165) is 11.5 Å². The van der Waals surface area contributed by atoms with Crippen molar-refractivity contribution in [3.05, 3.63) is 71.3 Å². The summed E-state index contributed by atoms with van der Waals surface area (Å²) in [4.78, 5) is 0. The minimum atomic E-state index is 0.302. The standard InChI is InChI=1S/C20H17ClN4O3S/c1-2-29-20-24-23-19(18-4-3-11-26-18)25(20)22-12-16-9-10-17(28-16)13-27-15-7-5-14(21)6-8-15/h3-12H,2,13H2,1H3/b22-12-. The summed E-state index contributed by atoms with van der Waals surface area (Å²) in [5, 5.41) is 14.2. The topological polar surface area (TPSA) is 78.6 Å². The van der Waals surface area contributed by atoms with Gasteiger partial charge in [-0.1, -0.05) is 30.3 Å². The second-order valence-electron chi connectivity index (χ2n) is 5.82. The summed E-state index contributed by atoms with van der Waals surface area (Å²) >= 11 is 7.42. The third kappa shape index (κ3) is 4.72. The summed E-state index contributed by atoms with van der Waals surface area (Å²) < 4.78 is 18.5. The Hall–Kier alpha value is -2.97. The van der Waals surface area contributed by atoms with Gasteiger partial charge in [-0.25, -0.2) is 0 Å². The Morgan fingerprint density at radius 2 is 2.03 bits per heavy atom. The zero-order valence-electron chi connectivity index (χ0n) is 15.5. The lowest BCUT2D eigenvalue weighted by atomic mass is 10.3. The fourth-order valence-electron chi connectivity index (χ4n) is 2.49. The highest BCUT2D eigenvalue weighted by Gasteiger charge is 2.15. The maximum Gasteiger partial charge on any atom is 0.221 e. The van der Waals surface area contributed by atoms with E-state index in [0.29, 0.717) is 39.9 Å². The molecule has 4 aromatic rings. The molecule has 3 aromatic heterocycles. The van der Waals surface area contributed by atoms with Crippen LogP contribution in [0.2, 0.25) is 5.02 Å². The molecule has 0 N–H and O–H groups in total. The van der Waals surface area contributed by atoms with Crippen LogP contribution in [0, 0.1) is 0 Å². The Kier molecular flexibility index (Phi) is 6.02. The third-order valence-electron chi connectivity index (χ3n) is 3.80. The van der Waals surface area contributed by atoms with Gasteiger partial charge < -0.3 is 13.6 Å². The molecule has 9 heteroatoms. The monoisotopic (exact) mass is 428 g/mol. The van der Waals surface area contributed by atoms with E-state index in [-0.39, 0.29) is 0 Å². The summed E-state index contributed by atoms with van der Waals surface area (Å²) in [5.41, 5.74) is 0. The normalized spacial score (nSPS) is 11.4. The van der Waals surface area contributed by atoms with Crippen LogP contribution in [0.25, 0.3) is 11.6 Å². The van der Waals surface area contributed by atoms with Crippen molar-refractivity contribution in [1.29, 1.82) is 0 Å². The summed E-state index contributed by atoms with van der Waals surface area (Å²) in [7, 11) is 0. The SMILES string of the molecule is CCSc1nnc(-c2ccco2)n1/N=C\c1ccc(COc2ccc(Cl)cc2)o1. The Balaban J connectivity index is 1.48. The number of benzene rings is 1. The van der Waals surface area contributed by atoms with E-state index in [4.69, 9.17) is 25.2 Å². The molecule has 148 valence electrons. The summed E-state index contributed by atoms with van der Waals surface area (Å²) in [6, 6.07) is 14.5. The van der Waals surface area contributed by atoms with Crippen LogP contribution >= 0.6 is 23.4 Å². The number of hydrogen-bond acceptors (Lipinski definition) is 7. The molecule has 0 atom stereocenters. The zero-order chi connectivity index (χ0) is 20.1. The number of thioether (sulfide) groups is 1. The lowest BCUT2D eigenvalue weighted by molar-refractivity contribution is 0.270. The van der Waals surface area contributed by atoms with Crippen molar-refractivity contribution in [2.45, 2.75) is 18.7 Å². The van der Waals surface area contributed by atoms with Crippen molar-refractivity contribution in [1.82, 2.24) is 14.9 Å². The van der Waals surface area contributed by atoms with E-state index in [9.17, 15) is 0 Å². The number of hydrogen-bond donors (Lipinski definition) is 0. The Labute approximate surface area is 176 Å². The number of furan rings is 2. The summed E-state index contributed by atoms with van der Waals surface area (Å²) in [5.74, 6) is 3.95. The molecule has 0 saturated heterocycles. The lowest BCUT2D eigenvalue weighted by Gasteiger charge is -2.03. The quantitative estimate of drug-likeness (QED) is 0.278. The fraction of sp³-hybridized carbons (Fsp3) is 0.150. The van der Waals surface area contributed by atoms with E-state index >= 15 is 0 Å². The highest BCUT2D eigenvalue weighted by atomic mass is 35.5. The van der Waals surface area contributed by atoms with Gasteiger partial charge in [0.25, 0.3) is 0 Å². The molecule has 0 spiro atoms. The van der Waals surface area contributed by atoms with E-state index in [2.05, 4.69) is 15.3 Å². The average molecular weight is 429 g/mol. The van der Waals surface area contributed by atoms with Crippen LogP contribution in [-0.4, -0.2) is 26.8 Å². The first kappa shape index (κ1) is 19.4. The molecule has 0 saturated carbocycles. The molecular weight excluding hydrogens is 412 g/mol. The van der Waals surface area contributed by atoms with Gasteiger partial charge in [-0.2, -0.15) is 9.78 Å². The molecule has 0 aliphatic heterocycles. The third-order valence-corrected chi connectivity index (χ3v) is 4.86. The number of halogens is 1. The van der Waals surface area contributed by atoms with E-state index in [1.165, 1.54) is 0 Å². The van der Waals surface area contributed by atoms with Gasteiger partial charge in [-0.3, -0.25) is 0 Å². The number of nitrogens with zero attached hydrogens (tertiary/aromatic N) is 4. The Morgan fingerprint density at radius 3 is 2.79 bits per heavy atom. The van der Waals surface area contributed by atoms with E-state index in [1.54, 1.807) is 47.1 Å². The second kappa shape index (κ2) is 9.02. The summed E-state index contributed by atoms with van der Waals surface area (Å²) in [6.45, 7) is 2.34. The molecule has 0 bridgehead atoms. The molecule has 4 rings (SSSR count). The van der Waals surface area contributed by atoms with Gasteiger partial charge in [0.2, 0.25) is 11.0 Å². The maximum atomic E-state index is 5.88. The Bertz CT molecular complexity index is 1090. The largest absolute Gasteiger partial charge is 0.486 e. The van der Waals surface area contributed by atoms with Gasteiger partial charge in [0.15, 0.2) is 5.76 Å². The second-order valence-corrected chi connectivity index (χ2v) is 7.49. The van der Waals surface area contributed by atoms with Crippen molar-refractivity contribution < 1.29 is 13.6 Å². The highest BCUT2D eigenvalue weighted by Crippen LogP contribution is 2.24. The number of ether oxygens (including phenoxy) is 1. The van der Waals surface area contributed by atoms with Crippen LogP contribution in [-0.2, 0) is 6.61 Å². The van der Waals surface area contributed by atoms with Crippen molar-refractivity contribution in [2.24, 2.45) is 5.10 Å². The first-order valence-electron chi connectivity index (χ1n) is 8.86. The minimum absolute atomic E-state index is 0.302. The van der Waals surface area contributed by atoms with E-state index < -0.39 is 0 Å². The highest BCUT2D eigenvalue weighted by molar-refractivity contribution is 7.99. The minimum Gasteiger partial charge on any atom is -0.486 e. The number of rotatable bonds is 8. The lowest BCUT2D eigenvalue weighted by Crippen LogP contribution is -1.96. The predicted octanol–water partition coefficient (Wildman–Crippen LogP) is 5.36. The molecule has 0 aliphatic rings. The smallest absolute Gasteiger partial charge is 0.221 e. The number of aromatic nitrogens is 3. The van der Waals surface area contributed by atoms with Crippen LogP contribution in [0.3, 0.4) is 0 Å². The van der Waals surface area contributed by atoms with Crippen LogP contribution in [0.1, 0.15) is 18.4 Å². The van der Waals surface area contributed by atoms with Crippen molar-refractivity contribution in [3.8, 4) is 17.3 Å². The predicted molar refractivity (Wildman–Crippen MR) is 112 cm³/mol. The fourth-order valence-corrected chi connectivity index (χ4v) is 3.23. The van der Waals surface area contributed by atoms with Gasteiger partial charge in [-0.15, -0.1) is 10.2 Å². The first-order valence-corrected chi connectivity index (χ1v) is 10.2. The average Bonchev–Trinajstić information content (AvgIpc) is 3.47. The molecule has 0 aliphatic carbocycles. The van der Waals surface area contributed by atoms with Crippen molar-refractivity contribution >= 4 is 29.6 Å². The van der Waals surface area contributed by atoms with E-state index in [1.807, 2.05) is 37.3 Å². The van der Waals surface area contributed by atoms with Gasteiger partial charge in [0.05, 0.1) is 12.5 Å². The summed E-state index contributed by atoms with van der Waals surface area (Å²) in [6.07, 6.45) is 3.20. The molecule has 0 amide bonds. The van der Waals surface area contributed by atoms with Crippen LogP contribution in [0.15, 0.2) is 73.9 Å². The van der Waals surface area contributed by atoms with Crippen LogP contribution in [0.5, 0.6) is 5.75 Å². The molecule has 3 heterocycles. The molecule has 0 radical (unpaired) electrons. The van der Waals surface area contributed by atoms with Gasteiger partial charge in [-0.05, 0) is 54.3 Å². The first-order chi connectivity index (χ1) is 14.2. The molecular formula is C20H17ClN4O3S. The molecule has 7 nitrogen and oxygen atoms in total. The van der Waals surface area contributed by atoms with Crippen molar-refractivity contribution in [2.75, 3.05) is 5.75 Å². The molecule has 0 unspecified atom stereocenters. The maximum absolute atomic E-state index is 5.88. The molecule has 1 aromatic carbocycles. The molecule has 0 fully saturated rings. The zero-order valence-corrected chi connectivity index (χ0v) is 17.1. The van der Waals surface area contributed by atoms with Crippen LogP contribution < -0.4 is 4.74 Å². The van der Waals surface area contributed by atoms with Gasteiger partial charge in [0, 0.05) is 5.02 Å². The van der Waals surface area contributed by atoms with Gasteiger partial charge >= 0.3 is 0 Å². The molecule has 29 heavy (non-hydrogen) atoms.